The number of nitrogens with one attached hydrogen (secondary N) is 1. The smallest absolute Gasteiger partial charge is 0.253 e. The molecule has 1 N–H and O–H groups in total. The van der Waals surface area contributed by atoms with Gasteiger partial charge in [0.25, 0.3) is 5.91 Å². The first kappa shape index (κ1) is 22.0. The van der Waals surface area contributed by atoms with Crippen molar-refractivity contribution in [1.82, 2.24) is 15.1 Å². The number of amides is 2. The van der Waals surface area contributed by atoms with E-state index in [1.54, 1.807) is 30.0 Å². The van der Waals surface area contributed by atoms with Crippen molar-refractivity contribution in [3.8, 4) is 0 Å². The Kier molecular flexibility index (Phi) is 7.21. The van der Waals surface area contributed by atoms with E-state index in [0.29, 0.717) is 37.2 Å². The molecule has 0 aromatic heterocycles. The molecule has 2 amide bonds. The van der Waals surface area contributed by atoms with Gasteiger partial charge < -0.3 is 15.1 Å². The van der Waals surface area contributed by atoms with Gasteiger partial charge in [0.15, 0.2) is 0 Å². The number of likely N-dealkylation sites (N-methyl/N-ethyl adjacent to an activating group) is 1. The van der Waals surface area contributed by atoms with Gasteiger partial charge in [-0.1, -0.05) is 30.3 Å². The molecule has 0 radical (unpaired) electrons. The molecule has 2 aromatic carbocycles. The summed E-state index contributed by atoms with van der Waals surface area (Å²) in [6.07, 6.45) is 0.636. The van der Waals surface area contributed by atoms with Crippen molar-refractivity contribution < 1.29 is 14.0 Å². The van der Waals surface area contributed by atoms with Crippen molar-refractivity contribution in [3.05, 3.63) is 71.0 Å². The quantitative estimate of drug-likeness (QED) is 0.795. The van der Waals surface area contributed by atoms with Crippen LogP contribution in [0.4, 0.5) is 4.39 Å². The normalized spacial score (nSPS) is 19.0. The fraction of sp³-hybridized carbons (Fsp3) is 0.417. The third kappa shape index (κ3) is 5.45. The molecule has 1 aliphatic rings. The number of likely N-dealkylation sites (tertiary alicyclic amines) is 1. The van der Waals surface area contributed by atoms with E-state index < -0.39 is 0 Å². The maximum atomic E-state index is 13.8. The van der Waals surface area contributed by atoms with Crippen LogP contribution in [0.25, 0.3) is 0 Å². The predicted molar refractivity (Wildman–Crippen MR) is 116 cm³/mol. The Morgan fingerprint density at radius 1 is 1.13 bits per heavy atom. The molecule has 2 atom stereocenters. The molecule has 2 aromatic rings. The van der Waals surface area contributed by atoms with Gasteiger partial charge in [0.05, 0.1) is 5.92 Å². The summed E-state index contributed by atoms with van der Waals surface area (Å²) >= 11 is 0. The maximum Gasteiger partial charge on any atom is 0.253 e. The monoisotopic (exact) mass is 411 g/mol. The van der Waals surface area contributed by atoms with Crippen LogP contribution in [-0.2, 0) is 4.79 Å². The summed E-state index contributed by atoms with van der Waals surface area (Å²) in [5.74, 6) is -0.680. The van der Waals surface area contributed by atoms with Gasteiger partial charge in [-0.05, 0) is 56.8 Å². The second kappa shape index (κ2) is 9.85. The summed E-state index contributed by atoms with van der Waals surface area (Å²) in [4.78, 5) is 29.7. The van der Waals surface area contributed by atoms with Crippen LogP contribution >= 0.6 is 0 Å². The lowest BCUT2D eigenvalue weighted by Crippen LogP contribution is -2.48. The Hall–Kier alpha value is -2.73. The van der Waals surface area contributed by atoms with Gasteiger partial charge in [-0.15, -0.1) is 0 Å². The number of benzene rings is 2. The van der Waals surface area contributed by atoms with Crippen LogP contribution in [0.5, 0.6) is 0 Å². The number of carbonyl (C=O) groups excluding carboxylic acids is 2. The standard InChI is InChI=1S/C24H30FN3O2/c1-17-13-19(9-10-22(17)25)20-14-21(23(29)26-11-12-27(2)3)16-28(15-20)24(30)18-7-5-4-6-8-18/h4-10,13,20-21H,11-12,14-16H2,1-3H3,(H,26,29)/t20-,21-/m1/s1. The van der Waals surface area contributed by atoms with Crippen molar-refractivity contribution in [2.24, 2.45) is 5.92 Å². The summed E-state index contributed by atoms with van der Waals surface area (Å²) in [5, 5.41) is 3.00. The fourth-order valence-corrected chi connectivity index (χ4v) is 3.93. The first-order valence-electron chi connectivity index (χ1n) is 10.4. The SMILES string of the molecule is Cc1cc([C@@H]2C[C@@H](C(=O)NCCN(C)C)CN(C(=O)c3ccccc3)C2)ccc1F. The highest BCUT2D eigenvalue weighted by Crippen LogP contribution is 2.32. The lowest BCUT2D eigenvalue weighted by molar-refractivity contribution is -0.126. The minimum Gasteiger partial charge on any atom is -0.355 e. The molecule has 1 heterocycles. The molecule has 0 aliphatic carbocycles. The topological polar surface area (TPSA) is 52.7 Å². The Morgan fingerprint density at radius 2 is 1.87 bits per heavy atom. The average Bonchev–Trinajstić information content (AvgIpc) is 2.75. The summed E-state index contributed by atoms with van der Waals surface area (Å²) in [6.45, 7) is 3.96. The molecular weight excluding hydrogens is 381 g/mol. The van der Waals surface area contributed by atoms with Crippen molar-refractivity contribution in [1.29, 1.82) is 0 Å². The van der Waals surface area contributed by atoms with Crippen LogP contribution in [0.1, 0.15) is 33.8 Å². The van der Waals surface area contributed by atoms with Crippen molar-refractivity contribution in [3.63, 3.8) is 0 Å². The molecular formula is C24H30FN3O2. The molecule has 0 spiro atoms. The molecule has 0 bridgehead atoms. The van der Waals surface area contributed by atoms with E-state index in [1.807, 2.05) is 43.3 Å². The largest absolute Gasteiger partial charge is 0.355 e. The zero-order valence-electron chi connectivity index (χ0n) is 17.9. The molecule has 1 aliphatic heterocycles. The minimum atomic E-state index is -0.302. The fourth-order valence-electron chi connectivity index (χ4n) is 3.93. The van der Waals surface area contributed by atoms with Crippen molar-refractivity contribution in [2.45, 2.75) is 19.3 Å². The maximum absolute atomic E-state index is 13.8. The number of hydrogen-bond acceptors (Lipinski definition) is 3. The van der Waals surface area contributed by atoms with E-state index in [1.165, 1.54) is 6.07 Å². The van der Waals surface area contributed by atoms with Crippen molar-refractivity contribution >= 4 is 11.8 Å². The van der Waals surface area contributed by atoms with Crippen LogP contribution in [-0.4, -0.2) is 61.9 Å². The molecule has 160 valence electrons. The lowest BCUT2D eigenvalue weighted by Gasteiger charge is -2.37. The molecule has 6 heteroatoms. The van der Waals surface area contributed by atoms with E-state index in [9.17, 15) is 14.0 Å². The number of halogens is 1. The third-order valence-corrected chi connectivity index (χ3v) is 5.64. The van der Waals surface area contributed by atoms with E-state index in [4.69, 9.17) is 0 Å². The first-order chi connectivity index (χ1) is 14.3. The number of nitrogens with zero attached hydrogens (tertiary/aromatic N) is 2. The minimum absolute atomic E-state index is 0.0182. The zero-order chi connectivity index (χ0) is 21.7. The molecule has 1 saturated heterocycles. The van der Waals surface area contributed by atoms with Crippen LogP contribution in [0.3, 0.4) is 0 Å². The number of rotatable bonds is 6. The van der Waals surface area contributed by atoms with Crippen LogP contribution < -0.4 is 5.32 Å². The molecule has 30 heavy (non-hydrogen) atoms. The Bertz CT molecular complexity index is 885. The van der Waals surface area contributed by atoms with Gasteiger partial charge in [0, 0.05) is 37.7 Å². The molecule has 0 unspecified atom stereocenters. The van der Waals surface area contributed by atoms with Gasteiger partial charge in [-0.2, -0.15) is 0 Å². The van der Waals surface area contributed by atoms with E-state index in [-0.39, 0.29) is 29.5 Å². The van der Waals surface area contributed by atoms with Crippen molar-refractivity contribution in [2.75, 3.05) is 40.3 Å². The van der Waals surface area contributed by atoms with E-state index in [0.717, 1.165) is 12.1 Å². The van der Waals surface area contributed by atoms with Gasteiger partial charge in [-0.25, -0.2) is 4.39 Å². The summed E-state index contributed by atoms with van der Waals surface area (Å²) < 4.78 is 13.8. The summed E-state index contributed by atoms with van der Waals surface area (Å²) in [6, 6.07) is 14.2. The van der Waals surface area contributed by atoms with E-state index >= 15 is 0 Å². The predicted octanol–water partition coefficient (Wildman–Crippen LogP) is 3.06. The molecule has 5 nitrogen and oxygen atoms in total. The van der Waals surface area contributed by atoms with Gasteiger partial charge in [0.1, 0.15) is 5.82 Å². The molecule has 3 rings (SSSR count). The molecule has 1 fully saturated rings. The van der Waals surface area contributed by atoms with Gasteiger partial charge in [0.2, 0.25) is 5.91 Å². The third-order valence-electron chi connectivity index (χ3n) is 5.64. The number of carbonyl (C=O) groups is 2. The molecule has 0 saturated carbocycles. The first-order valence-corrected chi connectivity index (χ1v) is 10.4. The van der Waals surface area contributed by atoms with Gasteiger partial charge in [-0.3, -0.25) is 9.59 Å². The second-order valence-electron chi connectivity index (χ2n) is 8.31. The van der Waals surface area contributed by atoms with Gasteiger partial charge >= 0.3 is 0 Å². The summed E-state index contributed by atoms with van der Waals surface area (Å²) in [7, 11) is 3.92. The lowest BCUT2D eigenvalue weighted by atomic mass is 9.83. The Labute approximate surface area is 177 Å². The second-order valence-corrected chi connectivity index (χ2v) is 8.31. The highest BCUT2D eigenvalue weighted by Gasteiger charge is 2.35. The average molecular weight is 412 g/mol. The number of aryl methyl sites for hydroxylation is 1. The number of piperidine rings is 1. The van der Waals surface area contributed by atoms with Crippen LogP contribution in [0.15, 0.2) is 48.5 Å². The Balaban J connectivity index is 1.81. The zero-order valence-corrected chi connectivity index (χ0v) is 17.9. The van der Waals surface area contributed by atoms with Crippen LogP contribution in [0, 0.1) is 18.7 Å². The van der Waals surface area contributed by atoms with Crippen LogP contribution in [0.2, 0.25) is 0 Å². The van der Waals surface area contributed by atoms with E-state index in [2.05, 4.69) is 5.32 Å². The Morgan fingerprint density at radius 3 is 2.53 bits per heavy atom. The highest BCUT2D eigenvalue weighted by molar-refractivity contribution is 5.94. The summed E-state index contributed by atoms with van der Waals surface area (Å²) in [5.41, 5.74) is 2.15. The number of hydrogen-bond donors (Lipinski definition) is 1. The highest BCUT2D eigenvalue weighted by atomic mass is 19.1.